The van der Waals surface area contributed by atoms with Gasteiger partial charge < -0.3 is 10.1 Å². The van der Waals surface area contributed by atoms with E-state index in [9.17, 15) is 4.39 Å². The molecule has 0 aliphatic heterocycles. The number of benzene rings is 1. The second kappa shape index (κ2) is 9.36. The molecular weight excluding hydrogens is 249 g/mol. The molecule has 1 aromatic carbocycles. The van der Waals surface area contributed by atoms with Crippen molar-refractivity contribution >= 4 is 11.8 Å². The standard InChI is InChI=1S/C14H22FNOS/c1-3-16-12(7-6-10-17-2)11-18-14-9-5-4-8-13(14)15/h4-5,8-9,12,16H,3,6-7,10-11H2,1-2H3. The van der Waals surface area contributed by atoms with E-state index in [2.05, 4.69) is 12.2 Å². The van der Waals surface area contributed by atoms with Crippen molar-refractivity contribution in [1.29, 1.82) is 0 Å². The van der Waals surface area contributed by atoms with Crippen molar-refractivity contribution in [3.63, 3.8) is 0 Å². The van der Waals surface area contributed by atoms with E-state index in [0.717, 1.165) is 36.6 Å². The first kappa shape index (κ1) is 15.5. The van der Waals surface area contributed by atoms with E-state index in [-0.39, 0.29) is 5.82 Å². The molecule has 1 aromatic rings. The molecule has 0 saturated heterocycles. The molecule has 0 aliphatic rings. The Morgan fingerprint density at radius 1 is 1.39 bits per heavy atom. The van der Waals surface area contributed by atoms with Crippen LogP contribution in [0.4, 0.5) is 4.39 Å². The third-order valence-corrected chi connectivity index (χ3v) is 3.88. The summed E-state index contributed by atoms with van der Waals surface area (Å²) in [6.07, 6.45) is 2.09. The first-order chi connectivity index (χ1) is 8.77. The van der Waals surface area contributed by atoms with Crippen molar-refractivity contribution in [3.05, 3.63) is 30.1 Å². The van der Waals surface area contributed by atoms with Crippen molar-refractivity contribution in [2.24, 2.45) is 0 Å². The topological polar surface area (TPSA) is 21.3 Å². The molecule has 0 fully saturated rings. The molecule has 102 valence electrons. The van der Waals surface area contributed by atoms with E-state index in [4.69, 9.17) is 4.74 Å². The predicted molar refractivity (Wildman–Crippen MR) is 75.7 cm³/mol. The number of hydrogen-bond donors (Lipinski definition) is 1. The Labute approximate surface area is 113 Å². The van der Waals surface area contributed by atoms with Gasteiger partial charge in [-0.1, -0.05) is 19.1 Å². The van der Waals surface area contributed by atoms with Crippen LogP contribution in [-0.2, 0) is 4.74 Å². The number of nitrogens with one attached hydrogen (secondary N) is 1. The minimum atomic E-state index is -0.130. The monoisotopic (exact) mass is 271 g/mol. The molecule has 1 atom stereocenters. The fourth-order valence-corrected chi connectivity index (χ4v) is 2.81. The number of methoxy groups -OCH3 is 1. The first-order valence-corrected chi connectivity index (χ1v) is 7.36. The van der Waals surface area contributed by atoms with Gasteiger partial charge in [0, 0.05) is 30.4 Å². The molecule has 1 N–H and O–H groups in total. The molecule has 1 unspecified atom stereocenters. The van der Waals surface area contributed by atoms with Crippen molar-refractivity contribution < 1.29 is 9.13 Å². The Morgan fingerprint density at radius 2 is 2.17 bits per heavy atom. The summed E-state index contributed by atoms with van der Waals surface area (Å²) in [4.78, 5) is 0.729. The fourth-order valence-electron chi connectivity index (χ4n) is 1.76. The van der Waals surface area contributed by atoms with Crippen LogP contribution < -0.4 is 5.32 Å². The number of rotatable bonds is 9. The zero-order chi connectivity index (χ0) is 13.2. The lowest BCUT2D eigenvalue weighted by Crippen LogP contribution is -2.31. The smallest absolute Gasteiger partial charge is 0.136 e. The zero-order valence-electron chi connectivity index (χ0n) is 11.1. The number of hydrogen-bond acceptors (Lipinski definition) is 3. The van der Waals surface area contributed by atoms with Gasteiger partial charge in [0.05, 0.1) is 0 Å². The normalized spacial score (nSPS) is 12.6. The maximum atomic E-state index is 13.5. The molecule has 2 nitrogen and oxygen atoms in total. The molecule has 18 heavy (non-hydrogen) atoms. The molecular formula is C14H22FNOS. The van der Waals surface area contributed by atoms with Crippen LogP contribution in [0.25, 0.3) is 0 Å². The maximum absolute atomic E-state index is 13.5. The molecule has 0 saturated carbocycles. The van der Waals surface area contributed by atoms with Crippen LogP contribution in [0.15, 0.2) is 29.2 Å². The van der Waals surface area contributed by atoms with E-state index >= 15 is 0 Å². The van der Waals surface area contributed by atoms with Gasteiger partial charge in [-0.05, 0) is 31.5 Å². The summed E-state index contributed by atoms with van der Waals surface area (Å²) >= 11 is 1.57. The number of thioether (sulfide) groups is 1. The van der Waals surface area contributed by atoms with Crippen LogP contribution in [-0.4, -0.2) is 32.1 Å². The van der Waals surface area contributed by atoms with E-state index in [1.54, 1.807) is 24.9 Å². The zero-order valence-corrected chi connectivity index (χ0v) is 11.9. The maximum Gasteiger partial charge on any atom is 0.136 e. The van der Waals surface area contributed by atoms with E-state index in [1.165, 1.54) is 6.07 Å². The average Bonchev–Trinajstić information content (AvgIpc) is 2.38. The summed E-state index contributed by atoms with van der Waals surface area (Å²) in [6.45, 7) is 3.82. The molecule has 0 bridgehead atoms. The Kier molecular flexibility index (Phi) is 8.05. The van der Waals surface area contributed by atoms with E-state index < -0.39 is 0 Å². The van der Waals surface area contributed by atoms with E-state index in [1.807, 2.05) is 12.1 Å². The van der Waals surface area contributed by atoms with Crippen molar-refractivity contribution in [2.45, 2.75) is 30.7 Å². The highest BCUT2D eigenvalue weighted by molar-refractivity contribution is 7.99. The summed E-state index contributed by atoms with van der Waals surface area (Å²) in [5, 5.41) is 3.43. The molecule has 0 aromatic heterocycles. The van der Waals surface area contributed by atoms with Gasteiger partial charge in [0.2, 0.25) is 0 Å². The second-order valence-corrected chi connectivity index (χ2v) is 5.19. The van der Waals surface area contributed by atoms with Crippen LogP contribution >= 0.6 is 11.8 Å². The molecule has 0 amide bonds. The number of ether oxygens (including phenoxy) is 1. The predicted octanol–water partition coefficient (Wildman–Crippen LogP) is 3.32. The Hall–Kier alpha value is -0.580. The largest absolute Gasteiger partial charge is 0.385 e. The summed E-state index contributed by atoms with van der Waals surface area (Å²) < 4.78 is 18.5. The third kappa shape index (κ3) is 5.85. The minimum absolute atomic E-state index is 0.130. The van der Waals surface area contributed by atoms with Crippen molar-refractivity contribution in [2.75, 3.05) is 26.0 Å². The highest BCUT2D eigenvalue weighted by atomic mass is 32.2. The highest BCUT2D eigenvalue weighted by Gasteiger charge is 2.09. The van der Waals surface area contributed by atoms with Gasteiger partial charge in [-0.15, -0.1) is 11.8 Å². The van der Waals surface area contributed by atoms with Crippen LogP contribution in [0.2, 0.25) is 0 Å². The highest BCUT2D eigenvalue weighted by Crippen LogP contribution is 2.22. The minimum Gasteiger partial charge on any atom is -0.385 e. The summed E-state index contributed by atoms with van der Waals surface area (Å²) in [7, 11) is 1.72. The van der Waals surface area contributed by atoms with Crippen LogP contribution in [0, 0.1) is 5.82 Å². The van der Waals surface area contributed by atoms with Gasteiger partial charge in [0.15, 0.2) is 0 Å². The lowest BCUT2D eigenvalue weighted by Gasteiger charge is -2.17. The lowest BCUT2D eigenvalue weighted by molar-refractivity contribution is 0.190. The molecule has 1 rings (SSSR count). The molecule has 4 heteroatoms. The Morgan fingerprint density at radius 3 is 2.83 bits per heavy atom. The second-order valence-electron chi connectivity index (χ2n) is 4.13. The Bertz CT molecular complexity index is 335. The van der Waals surface area contributed by atoms with Crippen LogP contribution in [0.5, 0.6) is 0 Å². The lowest BCUT2D eigenvalue weighted by atomic mass is 10.2. The summed E-state index contributed by atoms with van der Waals surface area (Å²) in [5.41, 5.74) is 0. The van der Waals surface area contributed by atoms with Gasteiger partial charge in [-0.3, -0.25) is 0 Å². The van der Waals surface area contributed by atoms with Crippen LogP contribution in [0.1, 0.15) is 19.8 Å². The molecule has 0 radical (unpaired) electrons. The van der Waals surface area contributed by atoms with Gasteiger partial charge in [-0.25, -0.2) is 4.39 Å². The molecule has 0 aliphatic carbocycles. The van der Waals surface area contributed by atoms with Gasteiger partial charge in [0.1, 0.15) is 5.82 Å². The molecule has 0 spiro atoms. The number of halogens is 1. The molecule has 0 heterocycles. The first-order valence-electron chi connectivity index (χ1n) is 6.37. The third-order valence-electron chi connectivity index (χ3n) is 2.67. The van der Waals surface area contributed by atoms with Crippen molar-refractivity contribution in [3.8, 4) is 0 Å². The van der Waals surface area contributed by atoms with Gasteiger partial charge in [-0.2, -0.15) is 0 Å². The van der Waals surface area contributed by atoms with Gasteiger partial charge >= 0.3 is 0 Å². The Balaban J connectivity index is 2.39. The SMILES string of the molecule is CCNC(CCCOC)CSc1ccccc1F. The van der Waals surface area contributed by atoms with Crippen LogP contribution in [0.3, 0.4) is 0 Å². The summed E-state index contributed by atoms with van der Waals surface area (Å²) in [6, 6.07) is 7.35. The van der Waals surface area contributed by atoms with Gasteiger partial charge in [0.25, 0.3) is 0 Å². The fraction of sp³-hybridized carbons (Fsp3) is 0.571. The van der Waals surface area contributed by atoms with E-state index in [0.29, 0.717) is 6.04 Å². The average molecular weight is 271 g/mol. The van der Waals surface area contributed by atoms with Crippen molar-refractivity contribution in [1.82, 2.24) is 5.32 Å². The quantitative estimate of drug-likeness (QED) is 0.550. The summed E-state index contributed by atoms with van der Waals surface area (Å²) in [5.74, 6) is 0.757.